The van der Waals surface area contributed by atoms with Gasteiger partial charge < -0.3 is 15.4 Å². The van der Waals surface area contributed by atoms with Gasteiger partial charge in [0, 0.05) is 50.4 Å². The fourth-order valence-electron chi connectivity index (χ4n) is 3.15. The van der Waals surface area contributed by atoms with E-state index in [1.165, 1.54) is 23.3 Å². The molecule has 3 rings (SSSR count). The number of morpholine rings is 1. The molecule has 1 aliphatic heterocycles. The lowest BCUT2D eigenvalue weighted by molar-refractivity contribution is 0.0341. The van der Waals surface area contributed by atoms with Gasteiger partial charge in [-0.1, -0.05) is 24.3 Å². The highest BCUT2D eigenvalue weighted by Gasteiger charge is 2.12. The third kappa shape index (κ3) is 8.41. The van der Waals surface area contributed by atoms with Crippen LogP contribution in [-0.2, 0) is 17.8 Å². The smallest absolute Gasteiger partial charge is 0.191 e. The first kappa shape index (κ1) is 24.9. The number of thioether (sulfide) groups is 1. The number of guanidine groups is 1. The standard InChI is InChI=1S/C22H29FN4OS.HI/c1-24-22(25-10-15-29-21-8-6-20(23)7-9-21)26-16-18-4-2-3-5-19(18)17-27-11-13-28-14-12-27;/h2-9H,10-17H2,1H3,(H2,24,25,26);1H. The number of ether oxygens (including phenoxy) is 1. The molecule has 0 unspecified atom stereocenters. The van der Waals surface area contributed by atoms with Gasteiger partial charge >= 0.3 is 0 Å². The van der Waals surface area contributed by atoms with Crippen molar-refractivity contribution >= 4 is 41.7 Å². The van der Waals surface area contributed by atoms with E-state index in [9.17, 15) is 4.39 Å². The van der Waals surface area contributed by atoms with Crippen LogP contribution in [0.2, 0.25) is 0 Å². The molecule has 164 valence electrons. The summed E-state index contributed by atoms with van der Waals surface area (Å²) in [5, 5.41) is 6.75. The summed E-state index contributed by atoms with van der Waals surface area (Å²) in [5.74, 6) is 1.46. The van der Waals surface area contributed by atoms with Crippen LogP contribution in [0.15, 0.2) is 58.4 Å². The molecule has 1 fully saturated rings. The third-order valence-electron chi connectivity index (χ3n) is 4.76. The molecule has 8 heteroatoms. The minimum Gasteiger partial charge on any atom is -0.379 e. The van der Waals surface area contributed by atoms with Gasteiger partial charge in [0.05, 0.1) is 13.2 Å². The molecule has 0 saturated carbocycles. The minimum absolute atomic E-state index is 0. The van der Waals surface area contributed by atoms with Crippen LogP contribution in [0.1, 0.15) is 11.1 Å². The summed E-state index contributed by atoms with van der Waals surface area (Å²) in [6.45, 7) is 6.04. The van der Waals surface area contributed by atoms with Crippen molar-refractivity contribution in [3.05, 3.63) is 65.5 Å². The third-order valence-corrected chi connectivity index (χ3v) is 5.78. The lowest BCUT2D eigenvalue weighted by atomic mass is 10.1. The highest BCUT2D eigenvalue weighted by atomic mass is 127. The molecule has 2 aromatic carbocycles. The number of hydrogen-bond donors (Lipinski definition) is 2. The number of aliphatic imine (C=N–C) groups is 1. The summed E-state index contributed by atoms with van der Waals surface area (Å²) in [5.41, 5.74) is 2.62. The van der Waals surface area contributed by atoms with Crippen LogP contribution in [0.4, 0.5) is 4.39 Å². The normalized spacial score (nSPS) is 14.8. The predicted molar refractivity (Wildman–Crippen MR) is 133 cm³/mol. The van der Waals surface area contributed by atoms with Gasteiger partial charge in [0.15, 0.2) is 5.96 Å². The first-order chi connectivity index (χ1) is 14.2. The minimum atomic E-state index is -0.203. The molecule has 1 heterocycles. The molecule has 0 spiro atoms. The maximum atomic E-state index is 13.0. The van der Waals surface area contributed by atoms with Crippen LogP contribution >= 0.6 is 35.7 Å². The molecule has 0 atom stereocenters. The fraction of sp³-hybridized carbons (Fsp3) is 0.409. The van der Waals surface area contributed by atoms with E-state index in [1.54, 1.807) is 30.9 Å². The monoisotopic (exact) mass is 544 g/mol. The van der Waals surface area contributed by atoms with E-state index < -0.39 is 0 Å². The SMILES string of the molecule is CN=C(NCCSc1ccc(F)cc1)NCc1ccccc1CN1CCOCC1.I. The molecule has 0 radical (unpaired) electrons. The molecule has 0 aliphatic carbocycles. The van der Waals surface area contributed by atoms with E-state index in [4.69, 9.17) is 4.74 Å². The Morgan fingerprint density at radius 3 is 2.47 bits per heavy atom. The number of rotatable bonds is 8. The lowest BCUT2D eigenvalue weighted by Crippen LogP contribution is -2.38. The van der Waals surface area contributed by atoms with Crippen LogP contribution in [0, 0.1) is 5.82 Å². The van der Waals surface area contributed by atoms with Crippen molar-refractivity contribution in [1.82, 2.24) is 15.5 Å². The highest BCUT2D eigenvalue weighted by molar-refractivity contribution is 14.0. The fourth-order valence-corrected chi connectivity index (χ4v) is 3.92. The van der Waals surface area contributed by atoms with Crippen LogP contribution in [0.25, 0.3) is 0 Å². The van der Waals surface area contributed by atoms with Crippen molar-refractivity contribution in [3.63, 3.8) is 0 Å². The zero-order valence-electron chi connectivity index (χ0n) is 17.3. The maximum absolute atomic E-state index is 13.0. The Hall–Kier alpha value is -1.36. The summed E-state index contributed by atoms with van der Waals surface area (Å²) in [4.78, 5) is 7.81. The molecule has 1 saturated heterocycles. The van der Waals surface area contributed by atoms with E-state index in [-0.39, 0.29) is 29.8 Å². The zero-order chi connectivity index (χ0) is 20.3. The van der Waals surface area contributed by atoms with E-state index in [0.29, 0.717) is 0 Å². The number of hydrogen-bond acceptors (Lipinski definition) is 4. The van der Waals surface area contributed by atoms with Gasteiger partial charge in [0.25, 0.3) is 0 Å². The Kier molecular flexibility index (Phi) is 11.5. The summed E-state index contributed by atoms with van der Waals surface area (Å²) in [6, 6.07) is 15.1. The molecular formula is C22H30FIN4OS. The molecule has 2 aromatic rings. The van der Waals surface area contributed by atoms with Crippen LogP contribution in [-0.4, -0.2) is 56.5 Å². The van der Waals surface area contributed by atoms with Gasteiger partial charge in [0.1, 0.15) is 5.82 Å². The first-order valence-electron chi connectivity index (χ1n) is 9.94. The van der Waals surface area contributed by atoms with Crippen LogP contribution < -0.4 is 10.6 Å². The number of nitrogens with zero attached hydrogens (tertiary/aromatic N) is 2. The molecule has 30 heavy (non-hydrogen) atoms. The van der Waals surface area contributed by atoms with Crippen molar-refractivity contribution in [2.75, 3.05) is 45.6 Å². The summed E-state index contributed by atoms with van der Waals surface area (Å²) in [7, 11) is 1.78. The Morgan fingerprint density at radius 2 is 1.77 bits per heavy atom. The summed E-state index contributed by atoms with van der Waals surface area (Å²) >= 11 is 1.69. The van der Waals surface area contributed by atoms with Crippen molar-refractivity contribution in [3.8, 4) is 0 Å². The van der Waals surface area contributed by atoms with Gasteiger partial charge in [-0.3, -0.25) is 9.89 Å². The van der Waals surface area contributed by atoms with Crippen LogP contribution in [0.5, 0.6) is 0 Å². The Morgan fingerprint density at radius 1 is 1.07 bits per heavy atom. The second-order valence-corrected chi connectivity index (χ2v) is 7.98. The topological polar surface area (TPSA) is 48.9 Å². The van der Waals surface area contributed by atoms with E-state index in [1.807, 2.05) is 0 Å². The molecule has 0 amide bonds. The Balaban J connectivity index is 0.00000320. The second-order valence-electron chi connectivity index (χ2n) is 6.81. The van der Waals surface area contributed by atoms with Gasteiger partial charge in [-0.2, -0.15) is 0 Å². The highest BCUT2D eigenvalue weighted by Crippen LogP contribution is 2.17. The maximum Gasteiger partial charge on any atom is 0.191 e. The lowest BCUT2D eigenvalue weighted by Gasteiger charge is -2.27. The Labute approximate surface area is 199 Å². The summed E-state index contributed by atoms with van der Waals surface area (Å²) < 4.78 is 18.4. The number of nitrogens with one attached hydrogen (secondary N) is 2. The number of benzene rings is 2. The molecule has 5 nitrogen and oxygen atoms in total. The van der Waals surface area contributed by atoms with Crippen LogP contribution in [0.3, 0.4) is 0 Å². The summed E-state index contributed by atoms with van der Waals surface area (Å²) in [6.07, 6.45) is 0. The first-order valence-corrected chi connectivity index (χ1v) is 10.9. The van der Waals surface area contributed by atoms with Gasteiger partial charge in [0.2, 0.25) is 0 Å². The predicted octanol–water partition coefficient (Wildman–Crippen LogP) is 3.73. The molecule has 0 bridgehead atoms. The Bertz CT molecular complexity index is 785. The molecule has 1 aliphatic rings. The average molecular weight is 544 g/mol. The van der Waals surface area contributed by atoms with Crippen molar-refractivity contribution in [2.45, 2.75) is 18.0 Å². The quantitative estimate of drug-likeness (QED) is 0.175. The van der Waals surface area contributed by atoms with E-state index >= 15 is 0 Å². The van der Waals surface area contributed by atoms with E-state index in [2.05, 4.69) is 44.8 Å². The molecule has 0 aromatic heterocycles. The van der Waals surface area contributed by atoms with E-state index in [0.717, 1.165) is 62.5 Å². The van der Waals surface area contributed by atoms with Crippen molar-refractivity contribution < 1.29 is 9.13 Å². The van der Waals surface area contributed by atoms with Gasteiger partial charge in [-0.15, -0.1) is 35.7 Å². The molecule has 2 N–H and O–H groups in total. The average Bonchev–Trinajstić information content (AvgIpc) is 2.76. The zero-order valence-corrected chi connectivity index (χ0v) is 20.4. The van der Waals surface area contributed by atoms with Gasteiger partial charge in [-0.25, -0.2) is 4.39 Å². The number of halogens is 2. The van der Waals surface area contributed by atoms with Gasteiger partial charge in [-0.05, 0) is 35.4 Å². The van der Waals surface area contributed by atoms with Crippen molar-refractivity contribution in [1.29, 1.82) is 0 Å². The largest absolute Gasteiger partial charge is 0.379 e. The van der Waals surface area contributed by atoms with Crippen molar-refractivity contribution in [2.24, 2.45) is 4.99 Å². The second kappa shape index (κ2) is 13.8. The molecular weight excluding hydrogens is 514 g/mol.